The summed E-state index contributed by atoms with van der Waals surface area (Å²) in [6, 6.07) is 5.96. The molecule has 0 saturated carbocycles. The van der Waals surface area contributed by atoms with E-state index in [1.54, 1.807) is 6.20 Å². The molecular weight excluding hydrogens is 188 g/mol. The Morgan fingerprint density at radius 2 is 2.27 bits per heavy atom. The molecule has 0 aliphatic carbocycles. The highest BCUT2D eigenvalue weighted by Crippen LogP contribution is 2.10. The molecule has 0 fully saturated rings. The van der Waals surface area contributed by atoms with Crippen molar-refractivity contribution in [3.63, 3.8) is 0 Å². The van der Waals surface area contributed by atoms with Crippen molar-refractivity contribution >= 4 is 0 Å². The largest absolute Gasteiger partial charge is 0.316 e. The van der Waals surface area contributed by atoms with Crippen LogP contribution in [0.1, 0.15) is 11.3 Å². The van der Waals surface area contributed by atoms with Gasteiger partial charge in [-0.15, -0.1) is 0 Å². The summed E-state index contributed by atoms with van der Waals surface area (Å²) < 4.78 is 1.81. The highest BCUT2D eigenvalue weighted by molar-refractivity contribution is 5.32. The van der Waals surface area contributed by atoms with Gasteiger partial charge in [0.05, 0.1) is 5.69 Å². The first-order valence-corrected chi connectivity index (χ1v) is 4.92. The predicted octanol–water partition coefficient (Wildman–Crippen LogP) is 1.30. The van der Waals surface area contributed by atoms with Crippen molar-refractivity contribution in [2.45, 2.75) is 13.5 Å². The number of aromatic nitrogens is 3. The number of rotatable bonds is 3. The lowest BCUT2D eigenvalue weighted by Crippen LogP contribution is -2.10. The van der Waals surface area contributed by atoms with E-state index >= 15 is 0 Å². The van der Waals surface area contributed by atoms with Gasteiger partial charge in [-0.25, -0.2) is 9.67 Å². The first-order chi connectivity index (χ1) is 7.31. The molecule has 78 valence electrons. The van der Waals surface area contributed by atoms with Crippen LogP contribution >= 0.6 is 0 Å². The Morgan fingerprint density at radius 3 is 2.93 bits per heavy atom. The lowest BCUT2D eigenvalue weighted by atomic mass is 10.2. The van der Waals surface area contributed by atoms with E-state index in [0.29, 0.717) is 0 Å². The molecule has 2 aromatic heterocycles. The van der Waals surface area contributed by atoms with Crippen molar-refractivity contribution in [3.8, 4) is 5.82 Å². The molecule has 15 heavy (non-hydrogen) atoms. The third-order valence-corrected chi connectivity index (χ3v) is 2.17. The zero-order valence-electron chi connectivity index (χ0n) is 8.94. The van der Waals surface area contributed by atoms with Gasteiger partial charge in [0, 0.05) is 24.5 Å². The minimum atomic E-state index is 0.794. The standard InChI is InChI=1S/C11H14N4/c1-9-5-7-15(14-9)11-10(8-12-2)4-3-6-13-11/h3-7,12H,8H2,1-2H3. The summed E-state index contributed by atoms with van der Waals surface area (Å²) >= 11 is 0. The van der Waals surface area contributed by atoms with Gasteiger partial charge >= 0.3 is 0 Å². The topological polar surface area (TPSA) is 42.7 Å². The molecule has 2 rings (SSSR count). The van der Waals surface area contributed by atoms with Crippen LogP contribution in [0.5, 0.6) is 0 Å². The Hall–Kier alpha value is -1.68. The molecular formula is C11H14N4. The average molecular weight is 202 g/mol. The van der Waals surface area contributed by atoms with Crippen LogP contribution in [0.4, 0.5) is 0 Å². The SMILES string of the molecule is CNCc1cccnc1-n1ccc(C)n1. The van der Waals surface area contributed by atoms with Crippen molar-refractivity contribution in [2.75, 3.05) is 7.05 Å². The smallest absolute Gasteiger partial charge is 0.157 e. The van der Waals surface area contributed by atoms with Crippen LogP contribution in [0.3, 0.4) is 0 Å². The van der Waals surface area contributed by atoms with E-state index in [9.17, 15) is 0 Å². The Kier molecular flexibility index (Phi) is 2.78. The van der Waals surface area contributed by atoms with E-state index < -0.39 is 0 Å². The highest BCUT2D eigenvalue weighted by Gasteiger charge is 2.05. The average Bonchev–Trinajstić information content (AvgIpc) is 2.66. The number of hydrogen-bond donors (Lipinski definition) is 1. The number of pyridine rings is 1. The van der Waals surface area contributed by atoms with Gasteiger partial charge in [-0.1, -0.05) is 6.07 Å². The fourth-order valence-corrected chi connectivity index (χ4v) is 1.50. The quantitative estimate of drug-likeness (QED) is 0.815. The Balaban J connectivity index is 2.42. The van der Waals surface area contributed by atoms with E-state index in [1.165, 1.54) is 0 Å². The summed E-state index contributed by atoms with van der Waals surface area (Å²) in [5, 5.41) is 7.47. The fraction of sp³-hybridized carbons (Fsp3) is 0.273. The van der Waals surface area contributed by atoms with Gasteiger partial charge in [-0.05, 0) is 26.1 Å². The minimum absolute atomic E-state index is 0.794. The first-order valence-electron chi connectivity index (χ1n) is 4.92. The van der Waals surface area contributed by atoms with E-state index in [2.05, 4.69) is 21.5 Å². The maximum atomic E-state index is 4.35. The van der Waals surface area contributed by atoms with Crippen LogP contribution in [-0.2, 0) is 6.54 Å². The second-order valence-electron chi connectivity index (χ2n) is 3.42. The summed E-state index contributed by atoms with van der Waals surface area (Å²) in [6.45, 7) is 2.76. The van der Waals surface area contributed by atoms with Gasteiger partial charge in [0.1, 0.15) is 0 Å². The number of nitrogens with zero attached hydrogens (tertiary/aromatic N) is 3. The monoisotopic (exact) mass is 202 g/mol. The number of aryl methyl sites for hydroxylation is 1. The van der Waals surface area contributed by atoms with Crippen molar-refractivity contribution < 1.29 is 0 Å². The van der Waals surface area contributed by atoms with Crippen LogP contribution in [0.2, 0.25) is 0 Å². The summed E-state index contributed by atoms with van der Waals surface area (Å²) in [4.78, 5) is 4.34. The number of nitrogens with one attached hydrogen (secondary N) is 1. The lowest BCUT2D eigenvalue weighted by Gasteiger charge is -2.07. The van der Waals surface area contributed by atoms with E-state index in [-0.39, 0.29) is 0 Å². The zero-order chi connectivity index (χ0) is 10.7. The van der Waals surface area contributed by atoms with Gasteiger partial charge < -0.3 is 5.32 Å². The predicted molar refractivity (Wildman–Crippen MR) is 58.9 cm³/mol. The minimum Gasteiger partial charge on any atom is -0.316 e. The van der Waals surface area contributed by atoms with Gasteiger partial charge in [0.2, 0.25) is 0 Å². The summed E-state index contributed by atoms with van der Waals surface area (Å²) in [7, 11) is 1.92. The third kappa shape index (κ3) is 2.05. The second-order valence-corrected chi connectivity index (χ2v) is 3.42. The molecule has 0 radical (unpaired) electrons. The van der Waals surface area contributed by atoms with Crippen molar-refractivity contribution in [3.05, 3.63) is 41.9 Å². The summed E-state index contributed by atoms with van der Waals surface area (Å²) in [5.41, 5.74) is 2.14. The van der Waals surface area contributed by atoms with Gasteiger partial charge in [-0.2, -0.15) is 5.10 Å². The van der Waals surface area contributed by atoms with Crippen LogP contribution in [-0.4, -0.2) is 21.8 Å². The molecule has 2 aromatic rings. The second kappa shape index (κ2) is 4.23. The molecule has 4 heteroatoms. The molecule has 2 heterocycles. The first kappa shape index (κ1) is 9.86. The van der Waals surface area contributed by atoms with Crippen molar-refractivity contribution in [1.29, 1.82) is 0 Å². The Morgan fingerprint density at radius 1 is 1.40 bits per heavy atom. The third-order valence-electron chi connectivity index (χ3n) is 2.17. The summed E-state index contributed by atoms with van der Waals surface area (Å²) in [6.07, 6.45) is 3.71. The van der Waals surface area contributed by atoms with Crippen LogP contribution < -0.4 is 5.32 Å². The van der Waals surface area contributed by atoms with Gasteiger partial charge in [0.25, 0.3) is 0 Å². The molecule has 0 aromatic carbocycles. The van der Waals surface area contributed by atoms with Gasteiger partial charge in [-0.3, -0.25) is 0 Å². The molecule has 0 saturated heterocycles. The lowest BCUT2D eigenvalue weighted by molar-refractivity contribution is 0.767. The Bertz CT molecular complexity index is 447. The molecule has 0 atom stereocenters. The fourth-order valence-electron chi connectivity index (χ4n) is 1.50. The van der Waals surface area contributed by atoms with Crippen molar-refractivity contribution in [2.24, 2.45) is 0 Å². The molecule has 0 bridgehead atoms. The zero-order valence-corrected chi connectivity index (χ0v) is 8.94. The molecule has 0 unspecified atom stereocenters. The normalized spacial score (nSPS) is 10.5. The van der Waals surface area contributed by atoms with Crippen LogP contribution in [0.25, 0.3) is 5.82 Å². The molecule has 0 amide bonds. The number of hydrogen-bond acceptors (Lipinski definition) is 3. The van der Waals surface area contributed by atoms with E-state index in [0.717, 1.165) is 23.6 Å². The summed E-state index contributed by atoms with van der Waals surface area (Å²) in [5.74, 6) is 0.889. The van der Waals surface area contributed by atoms with Crippen molar-refractivity contribution in [1.82, 2.24) is 20.1 Å². The molecule has 0 aliphatic heterocycles. The highest BCUT2D eigenvalue weighted by atomic mass is 15.3. The molecule has 1 N–H and O–H groups in total. The maximum Gasteiger partial charge on any atom is 0.157 e. The van der Waals surface area contributed by atoms with Crippen LogP contribution in [0.15, 0.2) is 30.6 Å². The molecule has 4 nitrogen and oxygen atoms in total. The van der Waals surface area contributed by atoms with E-state index in [4.69, 9.17) is 0 Å². The van der Waals surface area contributed by atoms with E-state index in [1.807, 2.05) is 37.0 Å². The maximum absolute atomic E-state index is 4.35. The molecule has 0 spiro atoms. The van der Waals surface area contributed by atoms with Crippen LogP contribution in [0, 0.1) is 6.92 Å². The van der Waals surface area contributed by atoms with Gasteiger partial charge in [0.15, 0.2) is 5.82 Å². The Labute approximate surface area is 89.0 Å². The molecule has 0 aliphatic rings.